The van der Waals surface area contributed by atoms with Crippen LogP contribution in [0, 0.1) is 0 Å². The van der Waals surface area contributed by atoms with Crippen LogP contribution >= 0.6 is 0 Å². The third-order valence-electron chi connectivity index (χ3n) is 3.11. The van der Waals surface area contributed by atoms with Gasteiger partial charge in [-0.2, -0.15) is 0 Å². The second-order valence-electron chi connectivity index (χ2n) is 5.05. The van der Waals surface area contributed by atoms with Crippen LogP contribution in [-0.2, 0) is 28.8 Å². The molecule has 0 aromatic heterocycles. The first kappa shape index (κ1) is 13.4. The van der Waals surface area contributed by atoms with E-state index in [1.54, 1.807) is 0 Å². The minimum Gasteiger partial charge on any atom is -0.616 e. The molecule has 0 bridgehead atoms. The van der Waals surface area contributed by atoms with Crippen molar-refractivity contribution in [3.05, 3.63) is 35.4 Å². The minimum absolute atomic E-state index is 0.0975. The highest BCUT2D eigenvalue weighted by molar-refractivity contribution is 7.92. The van der Waals surface area contributed by atoms with Crippen LogP contribution in [0.5, 0.6) is 0 Å². The fraction of sp³-hybridized carbons (Fsp3) is 0.500. The molecule has 3 nitrogen and oxygen atoms in total. The summed E-state index contributed by atoms with van der Waals surface area (Å²) in [6.07, 6.45) is 1.66. The molecular weight excluding hydrogens is 246 g/mol. The molecule has 18 heavy (non-hydrogen) atoms. The molecule has 2 rings (SSSR count). The van der Waals surface area contributed by atoms with Crippen molar-refractivity contribution in [1.82, 2.24) is 5.32 Å². The maximum Gasteiger partial charge on any atom is 0.270 e. The highest BCUT2D eigenvalue weighted by Crippen LogP contribution is 2.26. The Hall–Kier alpha value is -1.00. The van der Waals surface area contributed by atoms with Crippen molar-refractivity contribution in [2.75, 3.05) is 5.75 Å². The fourth-order valence-electron chi connectivity index (χ4n) is 2.32. The second-order valence-corrected chi connectivity index (χ2v) is 6.76. The molecule has 1 aromatic carbocycles. The number of hydrogen-bond donors (Lipinski definition) is 1. The van der Waals surface area contributed by atoms with Crippen molar-refractivity contribution in [3.8, 4) is 0 Å². The van der Waals surface area contributed by atoms with Crippen molar-refractivity contribution < 1.29 is 9.35 Å². The topological polar surface area (TPSA) is 52.2 Å². The Morgan fingerprint density at radius 3 is 2.44 bits per heavy atom. The van der Waals surface area contributed by atoms with Crippen LogP contribution in [0.15, 0.2) is 24.3 Å². The van der Waals surface area contributed by atoms with E-state index in [-0.39, 0.29) is 23.0 Å². The molecule has 0 radical (unpaired) electrons. The number of hydrogen-bond acceptors (Lipinski definition) is 2. The molecule has 0 saturated heterocycles. The molecule has 1 atom stereocenters. The summed E-state index contributed by atoms with van der Waals surface area (Å²) in [5, 5.41) is 2.88. The maximum absolute atomic E-state index is 12.2. The van der Waals surface area contributed by atoms with Gasteiger partial charge in [0.2, 0.25) is 0 Å². The minimum atomic E-state index is -1.08. The molecule has 1 aliphatic carbocycles. The standard InChI is InChI=1S/C14H19NO2S/c1-10(2)15-14(16)9-18(17)13-7-11-5-3-4-6-12(11)8-13/h3-6,10,13H,7-9H2,1-2H3,(H,15,16). The van der Waals surface area contributed by atoms with Gasteiger partial charge in [0.1, 0.15) is 5.25 Å². The molecular formula is C14H19NO2S. The summed E-state index contributed by atoms with van der Waals surface area (Å²) in [4.78, 5) is 11.6. The van der Waals surface area contributed by atoms with E-state index in [1.165, 1.54) is 11.1 Å². The van der Waals surface area contributed by atoms with Crippen LogP contribution < -0.4 is 5.32 Å². The predicted molar refractivity (Wildman–Crippen MR) is 73.9 cm³/mol. The van der Waals surface area contributed by atoms with Gasteiger partial charge in [-0.3, -0.25) is 4.79 Å². The molecule has 0 aliphatic heterocycles. The Kier molecular flexibility index (Phi) is 4.30. The van der Waals surface area contributed by atoms with E-state index in [0.29, 0.717) is 0 Å². The molecule has 1 amide bonds. The lowest BCUT2D eigenvalue weighted by atomic mass is 10.1. The Morgan fingerprint density at radius 2 is 1.94 bits per heavy atom. The normalized spacial score (nSPS) is 16.7. The van der Waals surface area contributed by atoms with E-state index in [1.807, 2.05) is 26.0 Å². The average Bonchev–Trinajstić information content (AvgIpc) is 2.71. The van der Waals surface area contributed by atoms with Gasteiger partial charge in [-0.1, -0.05) is 24.3 Å². The number of amides is 1. The smallest absolute Gasteiger partial charge is 0.270 e. The molecule has 0 heterocycles. The lowest BCUT2D eigenvalue weighted by Crippen LogP contribution is -2.38. The molecule has 1 aromatic rings. The van der Waals surface area contributed by atoms with Crippen molar-refractivity contribution >= 4 is 17.1 Å². The summed E-state index contributed by atoms with van der Waals surface area (Å²) >= 11 is -1.08. The van der Waals surface area contributed by atoms with E-state index in [4.69, 9.17) is 0 Å². The van der Waals surface area contributed by atoms with Crippen LogP contribution in [-0.4, -0.2) is 27.5 Å². The maximum atomic E-state index is 12.2. The van der Waals surface area contributed by atoms with Gasteiger partial charge in [-0.15, -0.1) is 0 Å². The van der Waals surface area contributed by atoms with Crippen LogP contribution in [0.25, 0.3) is 0 Å². The third kappa shape index (κ3) is 3.27. The summed E-state index contributed by atoms with van der Waals surface area (Å²) in [6.45, 7) is 3.82. The Bertz CT molecular complexity index is 409. The monoisotopic (exact) mass is 265 g/mol. The molecule has 1 aliphatic rings. The number of carbonyl (C=O) groups excluding carboxylic acids is 1. The van der Waals surface area contributed by atoms with Crippen LogP contribution in [0.3, 0.4) is 0 Å². The van der Waals surface area contributed by atoms with Crippen molar-refractivity contribution in [1.29, 1.82) is 0 Å². The molecule has 1 unspecified atom stereocenters. The highest BCUT2D eigenvalue weighted by atomic mass is 32.2. The van der Waals surface area contributed by atoms with Crippen LogP contribution in [0.1, 0.15) is 25.0 Å². The number of nitrogens with one attached hydrogen (secondary N) is 1. The van der Waals surface area contributed by atoms with Crippen LogP contribution in [0.4, 0.5) is 0 Å². The van der Waals surface area contributed by atoms with Gasteiger partial charge in [0, 0.05) is 18.9 Å². The van der Waals surface area contributed by atoms with E-state index in [2.05, 4.69) is 17.4 Å². The number of carbonyl (C=O) groups is 1. The van der Waals surface area contributed by atoms with Gasteiger partial charge in [0.05, 0.1) is 0 Å². The van der Waals surface area contributed by atoms with E-state index < -0.39 is 11.2 Å². The number of benzene rings is 1. The van der Waals surface area contributed by atoms with Crippen molar-refractivity contribution in [2.45, 2.75) is 38.0 Å². The average molecular weight is 265 g/mol. The number of fused-ring (bicyclic) bond motifs is 1. The summed E-state index contributed by atoms with van der Waals surface area (Å²) in [5.41, 5.74) is 2.56. The molecule has 98 valence electrons. The first-order chi connectivity index (χ1) is 8.56. The summed E-state index contributed by atoms with van der Waals surface area (Å²) in [5.74, 6) is 0.0101. The molecule has 0 spiro atoms. The summed E-state index contributed by atoms with van der Waals surface area (Å²) in [6, 6.07) is 8.29. The largest absolute Gasteiger partial charge is 0.616 e. The lowest BCUT2D eigenvalue weighted by molar-refractivity contribution is -0.119. The van der Waals surface area contributed by atoms with E-state index in [0.717, 1.165) is 12.8 Å². The Morgan fingerprint density at radius 1 is 1.39 bits per heavy atom. The van der Waals surface area contributed by atoms with Gasteiger partial charge in [0.15, 0.2) is 5.75 Å². The molecule has 4 heteroatoms. The summed E-state index contributed by atoms with van der Waals surface area (Å²) in [7, 11) is 0. The highest BCUT2D eigenvalue weighted by Gasteiger charge is 2.31. The van der Waals surface area contributed by atoms with Crippen LogP contribution in [0.2, 0.25) is 0 Å². The fourth-order valence-corrected chi connectivity index (χ4v) is 3.62. The van der Waals surface area contributed by atoms with Gasteiger partial charge in [-0.25, -0.2) is 0 Å². The van der Waals surface area contributed by atoms with E-state index in [9.17, 15) is 9.35 Å². The van der Waals surface area contributed by atoms with Gasteiger partial charge >= 0.3 is 0 Å². The molecule has 1 N–H and O–H groups in total. The Labute approximate surface area is 111 Å². The Balaban J connectivity index is 1.89. The van der Waals surface area contributed by atoms with Crippen molar-refractivity contribution in [3.63, 3.8) is 0 Å². The quantitative estimate of drug-likeness (QED) is 0.837. The predicted octanol–water partition coefficient (Wildman–Crippen LogP) is 1.43. The number of rotatable bonds is 4. The zero-order valence-corrected chi connectivity index (χ0v) is 11.6. The third-order valence-corrected chi connectivity index (χ3v) is 4.73. The first-order valence-electron chi connectivity index (χ1n) is 6.29. The lowest BCUT2D eigenvalue weighted by Gasteiger charge is -2.17. The zero-order chi connectivity index (χ0) is 13.1. The van der Waals surface area contributed by atoms with Gasteiger partial charge in [0.25, 0.3) is 5.91 Å². The van der Waals surface area contributed by atoms with Gasteiger partial charge in [-0.05, 0) is 36.2 Å². The molecule has 0 fully saturated rings. The van der Waals surface area contributed by atoms with Crippen molar-refractivity contribution in [2.24, 2.45) is 0 Å². The van der Waals surface area contributed by atoms with E-state index >= 15 is 0 Å². The first-order valence-corrected chi connectivity index (χ1v) is 7.68. The SMILES string of the molecule is CC(C)NC(=O)C[S+]([O-])C1Cc2ccccc2C1. The molecule has 0 saturated carbocycles. The zero-order valence-electron chi connectivity index (χ0n) is 10.8. The summed E-state index contributed by atoms with van der Waals surface area (Å²) < 4.78 is 12.2. The van der Waals surface area contributed by atoms with Gasteiger partial charge < -0.3 is 9.87 Å². The second kappa shape index (κ2) is 5.76.